The third-order valence-corrected chi connectivity index (χ3v) is 3.33. The molecule has 0 aliphatic rings. The van der Waals surface area contributed by atoms with Crippen LogP contribution in [0.1, 0.15) is 15.9 Å². The van der Waals surface area contributed by atoms with Crippen LogP contribution in [0.25, 0.3) is 0 Å². The Bertz CT molecular complexity index is 551. The largest absolute Gasteiger partial charge is 0.457 e. The van der Waals surface area contributed by atoms with Crippen molar-refractivity contribution in [1.82, 2.24) is 9.78 Å². The SMILES string of the molecule is CSc1ccccc1COC(=O)c1cnn(C)c1. The van der Waals surface area contributed by atoms with Crippen LogP contribution in [0.5, 0.6) is 0 Å². The first-order valence-electron chi connectivity index (χ1n) is 5.48. The van der Waals surface area contributed by atoms with Crippen molar-refractivity contribution in [2.75, 3.05) is 6.26 Å². The normalized spacial score (nSPS) is 10.3. The van der Waals surface area contributed by atoms with Gasteiger partial charge in [-0.15, -0.1) is 11.8 Å². The number of hydrogen-bond acceptors (Lipinski definition) is 4. The first kappa shape index (κ1) is 12.7. The molecule has 0 saturated heterocycles. The lowest BCUT2D eigenvalue weighted by molar-refractivity contribution is 0.0469. The molecule has 0 aliphatic heterocycles. The second-order valence-corrected chi connectivity index (χ2v) is 4.64. The molecule has 1 aromatic carbocycles. The molecule has 0 amide bonds. The molecule has 0 bridgehead atoms. The van der Waals surface area contributed by atoms with Gasteiger partial charge < -0.3 is 4.74 Å². The number of carbonyl (C=O) groups excluding carboxylic acids is 1. The maximum Gasteiger partial charge on any atom is 0.341 e. The molecule has 2 aromatic rings. The van der Waals surface area contributed by atoms with E-state index in [4.69, 9.17) is 4.74 Å². The summed E-state index contributed by atoms with van der Waals surface area (Å²) in [5, 5.41) is 3.94. The second-order valence-electron chi connectivity index (χ2n) is 3.79. The molecule has 4 nitrogen and oxygen atoms in total. The molecule has 0 unspecified atom stereocenters. The van der Waals surface area contributed by atoms with Gasteiger partial charge in [-0.3, -0.25) is 4.68 Å². The van der Waals surface area contributed by atoms with E-state index in [1.54, 1.807) is 29.7 Å². The maximum absolute atomic E-state index is 11.7. The van der Waals surface area contributed by atoms with Gasteiger partial charge >= 0.3 is 5.97 Å². The highest BCUT2D eigenvalue weighted by molar-refractivity contribution is 7.98. The van der Waals surface area contributed by atoms with Crippen LogP contribution in [0.4, 0.5) is 0 Å². The summed E-state index contributed by atoms with van der Waals surface area (Å²) in [5.74, 6) is -0.348. The summed E-state index contributed by atoms with van der Waals surface area (Å²) >= 11 is 1.64. The molecule has 0 radical (unpaired) electrons. The summed E-state index contributed by atoms with van der Waals surface area (Å²) in [6, 6.07) is 7.88. The Hall–Kier alpha value is -1.75. The van der Waals surface area contributed by atoms with Gasteiger partial charge in [0.15, 0.2) is 0 Å². The minimum Gasteiger partial charge on any atom is -0.457 e. The van der Waals surface area contributed by atoms with Crippen molar-refractivity contribution in [3.05, 3.63) is 47.8 Å². The third-order valence-electron chi connectivity index (χ3n) is 2.49. The van der Waals surface area contributed by atoms with E-state index < -0.39 is 0 Å². The number of nitrogens with zero attached hydrogens (tertiary/aromatic N) is 2. The Balaban J connectivity index is 2.01. The van der Waals surface area contributed by atoms with E-state index in [1.807, 2.05) is 30.5 Å². The van der Waals surface area contributed by atoms with Gasteiger partial charge in [0.25, 0.3) is 0 Å². The van der Waals surface area contributed by atoms with Crippen molar-refractivity contribution in [3.63, 3.8) is 0 Å². The highest BCUT2D eigenvalue weighted by Gasteiger charge is 2.10. The van der Waals surface area contributed by atoms with E-state index in [0.717, 1.165) is 10.5 Å². The first-order valence-corrected chi connectivity index (χ1v) is 6.71. The van der Waals surface area contributed by atoms with Gasteiger partial charge in [-0.2, -0.15) is 5.10 Å². The Morgan fingerprint density at radius 3 is 2.89 bits per heavy atom. The van der Waals surface area contributed by atoms with E-state index in [-0.39, 0.29) is 12.6 Å². The quantitative estimate of drug-likeness (QED) is 0.627. The smallest absolute Gasteiger partial charge is 0.341 e. The molecule has 2 rings (SSSR count). The Morgan fingerprint density at radius 2 is 2.22 bits per heavy atom. The van der Waals surface area contributed by atoms with Crippen molar-refractivity contribution in [2.45, 2.75) is 11.5 Å². The number of aryl methyl sites for hydroxylation is 1. The van der Waals surface area contributed by atoms with Crippen LogP contribution in [0, 0.1) is 0 Å². The highest BCUT2D eigenvalue weighted by Crippen LogP contribution is 2.20. The fourth-order valence-electron chi connectivity index (χ4n) is 1.58. The van der Waals surface area contributed by atoms with E-state index in [2.05, 4.69) is 5.10 Å². The predicted molar refractivity (Wildman–Crippen MR) is 70.6 cm³/mol. The van der Waals surface area contributed by atoms with Crippen LogP contribution >= 0.6 is 11.8 Å². The molecule has 0 aliphatic carbocycles. The fourth-order valence-corrected chi connectivity index (χ4v) is 2.18. The van der Waals surface area contributed by atoms with Crippen LogP contribution in [0.3, 0.4) is 0 Å². The zero-order valence-corrected chi connectivity index (χ0v) is 11.1. The number of ether oxygens (including phenoxy) is 1. The predicted octanol–water partition coefficient (Wildman–Crippen LogP) is 2.50. The average Bonchev–Trinajstić information content (AvgIpc) is 2.83. The van der Waals surface area contributed by atoms with Crippen molar-refractivity contribution in [2.24, 2.45) is 7.05 Å². The summed E-state index contributed by atoms with van der Waals surface area (Å²) in [5.41, 5.74) is 1.49. The van der Waals surface area contributed by atoms with Gasteiger partial charge in [-0.1, -0.05) is 18.2 Å². The zero-order valence-electron chi connectivity index (χ0n) is 10.3. The monoisotopic (exact) mass is 262 g/mol. The first-order chi connectivity index (χ1) is 8.70. The van der Waals surface area contributed by atoms with Crippen LogP contribution in [0.2, 0.25) is 0 Å². The lowest BCUT2D eigenvalue weighted by Gasteiger charge is -2.07. The molecule has 0 saturated carbocycles. The molecule has 5 heteroatoms. The van der Waals surface area contributed by atoms with Crippen LogP contribution in [0.15, 0.2) is 41.6 Å². The van der Waals surface area contributed by atoms with Gasteiger partial charge in [-0.25, -0.2) is 4.79 Å². The van der Waals surface area contributed by atoms with Gasteiger partial charge in [0, 0.05) is 23.7 Å². The van der Waals surface area contributed by atoms with Crippen molar-refractivity contribution < 1.29 is 9.53 Å². The van der Waals surface area contributed by atoms with Crippen molar-refractivity contribution >= 4 is 17.7 Å². The number of carbonyl (C=O) groups is 1. The summed E-state index contributed by atoms with van der Waals surface area (Å²) < 4.78 is 6.84. The summed E-state index contributed by atoms with van der Waals surface area (Å²) in [4.78, 5) is 12.9. The summed E-state index contributed by atoms with van der Waals surface area (Å²) in [7, 11) is 1.76. The molecular weight excluding hydrogens is 248 g/mol. The number of aromatic nitrogens is 2. The zero-order chi connectivity index (χ0) is 13.0. The summed E-state index contributed by atoms with van der Waals surface area (Å²) in [6.07, 6.45) is 5.15. The number of hydrogen-bond donors (Lipinski definition) is 0. The minimum absolute atomic E-state index is 0.282. The fraction of sp³-hybridized carbons (Fsp3) is 0.231. The van der Waals surface area contributed by atoms with Gasteiger partial charge in [0.1, 0.15) is 6.61 Å². The third kappa shape index (κ3) is 2.92. The van der Waals surface area contributed by atoms with E-state index in [0.29, 0.717) is 5.56 Å². The summed E-state index contributed by atoms with van der Waals surface area (Å²) in [6.45, 7) is 0.282. The standard InChI is InChI=1S/C13H14N2O2S/c1-15-8-11(7-14-15)13(16)17-9-10-5-3-4-6-12(10)18-2/h3-8H,9H2,1-2H3. The Kier molecular flexibility index (Phi) is 4.04. The van der Waals surface area contributed by atoms with E-state index >= 15 is 0 Å². The highest BCUT2D eigenvalue weighted by atomic mass is 32.2. The topological polar surface area (TPSA) is 44.1 Å². The Labute approximate surface area is 110 Å². The minimum atomic E-state index is -0.348. The maximum atomic E-state index is 11.7. The molecule has 1 heterocycles. The molecule has 1 aromatic heterocycles. The van der Waals surface area contributed by atoms with E-state index in [1.165, 1.54) is 6.20 Å². The van der Waals surface area contributed by atoms with Crippen LogP contribution < -0.4 is 0 Å². The van der Waals surface area contributed by atoms with Gasteiger partial charge in [-0.05, 0) is 12.3 Å². The lowest BCUT2D eigenvalue weighted by atomic mass is 10.2. The van der Waals surface area contributed by atoms with Gasteiger partial charge in [0.05, 0.1) is 11.8 Å². The molecular formula is C13H14N2O2S. The van der Waals surface area contributed by atoms with E-state index in [9.17, 15) is 4.79 Å². The number of esters is 1. The number of thioether (sulfide) groups is 1. The lowest BCUT2D eigenvalue weighted by Crippen LogP contribution is -2.04. The van der Waals surface area contributed by atoms with Crippen LogP contribution in [-0.2, 0) is 18.4 Å². The average molecular weight is 262 g/mol. The Morgan fingerprint density at radius 1 is 1.44 bits per heavy atom. The van der Waals surface area contributed by atoms with Crippen molar-refractivity contribution in [1.29, 1.82) is 0 Å². The number of benzene rings is 1. The molecule has 0 spiro atoms. The number of rotatable bonds is 4. The second kappa shape index (κ2) is 5.73. The molecule has 0 fully saturated rings. The van der Waals surface area contributed by atoms with Gasteiger partial charge in [0.2, 0.25) is 0 Å². The van der Waals surface area contributed by atoms with Crippen molar-refractivity contribution in [3.8, 4) is 0 Å². The van der Waals surface area contributed by atoms with Crippen LogP contribution in [-0.4, -0.2) is 22.0 Å². The molecule has 94 valence electrons. The molecule has 0 N–H and O–H groups in total. The molecule has 18 heavy (non-hydrogen) atoms. The molecule has 0 atom stereocenters.